The van der Waals surface area contributed by atoms with Crippen LogP contribution in [0.2, 0.25) is 0 Å². The summed E-state index contributed by atoms with van der Waals surface area (Å²) in [6.45, 7) is 3.14. The molecule has 1 aromatic rings. The zero-order valence-electron chi connectivity index (χ0n) is 15.0. The summed E-state index contributed by atoms with van der Waals surface area (Å²) < 4.78 is 12.4. The van der Waals surface area contributed by atoms with Gasteiger partial charge in [-0.15, -0.1) is 0 Å². The van der Waals surface area contributed by atoms with Crippen molar-refractivity contribution in [3.05, 3.63) is 35.9 Å². The Kier molecular flexibility index (Phi) is 5.09. The largest absolute Gasteiger partial charge is 0.375 e. The van der Waals surface area contributed by atoms with Gasteiger partial charge in [-0.3, -0.25) is 4.79 Å². The topological polar surface area (TPSA) is 38.8 Å². The maximum absolute atomic E-state index is 12.4. The minimum Gasteiger partial charge on any atom is -0.375 e. The molecule has 25 heavy (non-hydrogen) atoms. The normalized spacial score (nSPS) is 26.4. The van der Waals surface area contributed by atoms with Gasteiger partial charge in [-0.1, -0.05) is 36.8 Å². The second-order valence-corrected chi connectivity index (χ2v) is 7.90. The van der Waals surface area contributed by atoms with Crippen molar-refractivity contribution in [2.24, 2.45) is 5.92 Å². The minimum atomic E-state index is -0.0734. The number of hydrogen-bond acceptors (Lipinski definition) is 3. The molecule has 0 aromatic heterocycles. The van der Waals surface area contributed by atoms with E-state index in [1.165, 1.54) is 12.0 Å². The van der Waals surface area contributed by atoms with Crippen LogP contribution in [0, 0.1) is 5.92 Å². The van der Waals surface area contributed by atoms with Crippen molar-refractivity contribution >= 4 is 5.91 Å². The Labute approximate surface area is 150 Å². The van der Waals surface area contributed by atoms with Crippen molar-refractivity contribution < 1.29 is 14.3 Å². The van der Waals surface area contributed by atoms with E-state index in [1.54, 1.807) is 0 Å². The quantitative estimate of drug-likeness (QED) is 0.839. The lowest BCUT2D eigenvalue weighted by Crippen LogP contribution is -2.53. The summed E-state index contributed by atoms with van der Waals surface area (Å²) in [6, 6.07) is 10.4. The number of carbonyl (C=O) groups excluding carboxylic acids is 1. The van der Waals surface area contributed by atoms with Gasteiger partial charge < -0.3 is 14.4 Å². The van der Waals surface area contributed by atoms with Crippen LogP contribution in [0.3, 0.4) is 0 Å². The molecule has 1 amide bonds. The lowest BCUT2D eigenvalue weighted by molar-refractivity contribution is -0.165. The van der Waals surface area contributed by atoms with Gasteiger partial charge in [-0.2, -0.15) is 0 Å². The number of benzene rings is 1. The molecule has 1 unspecified atom stereocenters. The van der Waals surface area contributed by atoms with E-state index in [9.17, 15) is 4.79 Å². The van der Waals surface area contributed by atoms with Crippen LogP contribution in [0.15, 0.2) is 30.3 Å². The summed E-state index contributed by atoms with van der Waals surface area (Å²) in [6.07, 6.45) is 7.51. The summed E-state index contributed by atoms with van der Waals surface area (Å²) >= 11 is 0. The smallest absolute Gasteiger partial charge is 0.225 e. The van der Waals surface area contributed by atoms with Gasteiger partial charge in [-0.25, -0.2) is 0 Å². The van der Waals surface area contributed by atoms with Crippen LogP contribution in [0.4, 0.5) is 0 Å². The number of ether oxygens (including phenoxy) is 2. The Bertz CT molecular complexity index is 576. The molecule has 1 atom stereocenters. The highest BCUT2D eigenvalue weighted by atomic mass is 16.5. The van der Waals surface area contributed by atoms with Crippen molar-refractivity contribution in [2.45, 2.75) is 63.3 Å². The molecule has 2 heterocycles. The molecule has 2 saturated heterocycles. The molecule has 1 aromatic carbocycles. The maximum Gasteiger partial charge on any atom is 0.225 e. The molecule has 1 aliphatic carbocycles. The number of piperidine rings is 1. The van der Waals surface area contributed by atoms with Gasteiger partial charge in [0, 0.05) is 32.0 Å². The summed E-state index contributed by atoms with van der Waals surface area (Å²) in [4.78, 5) is 14.5. The molecule has 4 rings (SSSR count). The van der Waals surface area contributed by atoms with Gasteiger partial charge in [-0.05, 0) is 37.7 Å². The zero-order chi connectivity index (χ0) is 17.1. The standard InChI is InChI=1S/C21H29NO3/c23-20(18-7-4-8-18)22-12-10-21(11-13-22)15-19(9-14-25-21)24-16-17-5-2-1-3-6-17/h1-3,5-6,18-19H,4,7-16H2. The number of nitrogens with zero attached hydrogens (tertiary/aromatic N) is 1. The average Bonchev–Trinajstić information content (AvgIpc) is 2.60. The second-order valence-electron chi connectivity index (χ2n) is 7.90. The molecule has 4 heteroatoms. The minimum absolute atomic E-state index is 0.0734. The van der Waals surface area contributed by atoms with E-state index >= 15 is 0 Å². The van der Waals surface area contributed by atoms with Gasteiger partial charge in [0.25, 0.3) is 0 Å². The first-order chi connectivity index (χ1) is 12.2. The Morgan fingerprint density at radius 2 is 1.92 bits per heavy atom. The van der Waals surface area contributed by atoms with Crippen molar-refractivity contribution in [2.75, 3.05) is 19.7 Å². The highest BCUT2D eigenvalue weighted by Crippen LogP contribution is 2.37. The third-order valence-electron chi connectivity index (χ3n) is 6.22. The van der Waals surface area contributed by atoms with Crippen LogP contribution in [-0.2, 0) is 20.9 Å². The fraction of sp³-hybridized carbons (Fsp3) is 0.667. The predicted octanol–water partition coefficient (Wildman–Crippen LogP) is 3.54. The van der Waals surface area contributed by atoms with Crippen molar-refractivity contribution in [3.63, 3.8) is 0 Å². The fourth-order valence-corrected chi connectivity index (χ4v) is 4.31. The molecule has 3 fully saturated rings. The van der Waals surface area contributed by atoms with Gasteiger partial charge in [0.05, 0.1) is 18.3 Å². The molecule has 1 spiro atoms. The number of likely N-dealkylation sites (tertiary alicyclic amines) is 1. The van der Waals surface area contributed by atoms with Gasteiger partial charge in [0.2, 0.25) is 5.91 Å². The van der Waals surface area contributed by atoms with E-state index < -0.39 is 0 Å². The van der Waals surface area contributed by atoms with Crippen molar-refractivity contribution in [1.82, 2.24) is 4.90 Å². The first-order valence-electron chi connectivity index (χ1n) is 9.82. The number of hydrogen-bond donors (Lipinski definition) is 0. The highest BCUT2D eigenvalue weighted by Gasteiger charge is 2.42. The molecular weight excluding hydrogens is 314 g/mol. The van der Waals surface area contributed by atoms with Gasteiger partial charge in [0.15, 0.2) is 0 Å². The first kappa shape index (κ1) is 17.0. The Balaban J connectivity index is 1.28. The maximum atomic E-state index is 12.4. The summed E-state index contributed by atoms with van der Waals surface area (Å²) in [5.74, 6) is 0.692. The lowest BCUT2D eigenvalue weighted by atomic mass is 9.81. The van der Waals surface area contributed by atoms with Gasteiger partial charge in [0.1, 0.15) is 0 Å². The summed E-state index contributed by atoms with van der Waals surface area (Å²) in [5.41, 5.74) is 1.15. The first-order valence-corrected chi connectivity index (χ1v) is 9.82. The number of rotatable bonds is 4. The Morgan fingerprint density at radius 3 is 2.60 bits per heavy atom. The van der Waals surface area contributed by atoms with Gasteiger partial charge >= 0.3 is 0 Å². The average molecular weight is 343 g/mol. The van der Waals surface area contributed by atoms with Crippen LogP contribution < -0.4 is 0 Å². The highest BCUT2D eigenvalue weighted by molar-refractivity contribution is 5.79. The molecule has 1 saturated carbocycles. The number of carbonyl (C=O) groups is 1. The van der Waals surface area contributed by atoms with Crippen LogP contribution in [0.1, 0.15) is 50.5 Å². The van der Waals surface area contributed by atoms with Crippen molar-refractivity contribution in [1.29, 1.82) is 0 Å². The van der Waals surface area contributed by atoms with E-state index in [0.29, 0.717) is 18.4 Å². The molecule has 3 aliphatic rings. The summed E-state index contributed by atoms with van der Waals surface area (Å²) in [7, 11) is 0. The van der Waals surface area contributed by atoms with Crippen LogP contribution in [0.5, 0.6) is 0 Å². The molecule has 0 N–H and O–H groups in total. The van der Waals surface area contributed by atoms with Crippen LogP contribution in [0.25, 0.3) is 0 Å². The third-order valence-corrected chi connectivity index (χ3v) is 6.22. The monoisotopic (exact) mass is 343 g/mol. The predicted molar refractivity (Wildman–Crippen MR) is 96.1 cm³/mol. The summed E-state index contributed by atoms with van der Waals surface area (Å²) in [5, 5.41) is 0. The molecule has 0 bridgehead atoms. The van der Waals surface area contributed by atoms with E-state index in [1.807, 2.05) is 6.07 Å². The zero-order valence-corrected chi connectivity index (χ0v) is 15.0. The van der Waals surface area contributed by atoms with Crippen molar-refractivity contribution in [3.8, 4) is 0 Å². The third kappa shape index (κ3) is 3.90. The van der Waals surface area contributed by atoms with E-state index in [4.69, 9.17) is 9.47 Å². The van der Waals surface area contributed by atoms with E-state index in [2.05, 4.69) is 29.2 Å². The fourth-order valence-electron chi connectivity index (χ4n) is 4.31. The van der Waals surface area contributed by atoms with Crippen LogP contribution in [-0.4, -0.2) is 42.2 Å². The molecular formula is C21H29NO3. The molecule has 4 nitrogen and oxygen atoms in total. The van der Waals surface area contributed by atoms with Crippen LogP contribution >= 0.6 is 0 Å². The molecule has 136 valence electrons. The number of amides is 1. The Morgan fingerprint density at radius 1 is 1.16 bits per heavy atom. The molecule has 0 radical (unpaired) electrons. The molecule has 2 aliphatic heterocycles. The second kappa shape index (κ2) is 7.46. The Hall–Kier alpha value is -1.39. The van der Waals surface area contributed by atoms with E-state index in [-0.39, 0.29) is 11.7 Å². The SMILES string of the molecule is O=C(C1CCC1)N1CCC2(CC1)CC(OCc1ccccc1)CCO2. The lowest BCUT2D eigenvalue weighted by Gasteiger charge is -2.47. The van der Waals surface area contributed by atoms with E-state index in [0.717, 1.165) is 58.2 Å².